The highest BCUT2D eigenvalue weighted by Gasteiger charge is 2.54. The lowest BCUT2D eigenvalue weighted by atomic mass is 9.77. The number of aliphatic hydroxyl groups excluding tert-OH is 2. The molecular formula is C67H73N3O21S. The lowest BCUT2D eigenvalue weighted by Crippen LogP contribution is -2.55. The predicted molar refractivity (Wildman–Crippen MR) is 329 cm³/mol. The highest BCUT2D eigenvalue weighted by molar-refractivity contribution is 8.00. The zero-order valence-electron chi connectivity index (χ0n) is 51.3. The average molecular weight is 1290 g/mol. The van der Waals surface area contributed by atoms with Crippen LogP contribution < -0.4 is 29.7 Å². The summed E-state index contributed by atoms with van der Waals surface area (Å²) >= 11 is 1.07. The molecule has 1 spiro atoms. The van der Waals surface area contributed by atoms with Gasteiger partial charge in [-0.1, -0.05) is 61.5 Å². The molecule has 92 heavy (non-hydrogen) atoms. The number of methoxy groups -OCH3 is 1. The molecule has 0 bridgehead atoms. The molecule has 25 heteroatoms. The Bertz CT molecular complexity index is 3450. The highest BCUT2D eigenvalue weighted by atomic mass is 32.2. The zero-order chi connectivity index (χ0) is 65.1. The van der Waals surface area contributed by atoms with E-state index in [0.717, 1.165) is 38.9 Å². The second kappa shape index (κ2) is 30.5. The number of hydrogen-bond donors (Lipinski definition) is 4. The van der Waals surface area contributed by atoms with Crippen molar-refractivity contribution in [2.45, 2.75) is 87.8 Å². The maximum absolute atomic E-state index is 14.3. The molecule has 4 heterocycles. The number of thioether (sulfide) groups is 1. The van der Waals surface area contributed by atoms with Crippen molar-refractivity contribution in [3.63, 3.8) is 0 Å². The average Bonchev–Trinajstić information content (AvgIpc) is 1.45. The third kappa shape index (κ3) is 15.2. The fraction of sp³-hybridized carbons (Fsp3) is 0.433. The Kier molecular flexibility index (Phi) is 22.2. The molecule has 10 rings (SSSR count). The topological polar surface area (TPSA) is 306 Å². The first kappa shape index (κ1) is 66.8. The van der Waals surface area contributed by atoms with E-state index in [1.54, 1.807) is 25.1 Å². The summed E-state index contributed by atoms with van der Waals surface area (Å²) in [6.07, 6.45) is -3.34. The second-order valence-corrected chi connectivity index (χ2v) is 23.9. The van der Waals surface area contributed by atoms with Crippen LogP contribution in [0, 0.1) is 11.8 Å². The Morgan fingerprint density at radius 3 is 1.89 bits per heavy atom. The van der Waals surface area contributed by atoms with Gasteiger partial charge in [0.2, 0.25) is 23.6 Å². The van der Waals surface area contributed by atoms with Crippen molar-refractivity contribution in [3.8, 4) is 34.1 Å². The zero-order valence-corrected chi connectivity index (χ0v) is 52.1. The molecule has 0 saturated carbocycles. The van der Waals surface area contributed by atoms with Crippen LogP contribution in [0.2, 0.25) is 0 Å². The van der Waals surface area contributed by atoms with Gasteiger partial charge in [0.05, 0.1) is 74.1 Å². The minimum absolute atomic E-state index is 0.0240. The normalized spacial score (nSPS) is 20.2. The van der Waals surface area contributed by atoms with Gasteiger partial charge in [-0.25, -0.2) is 9.69 Å². The predicted octanol–water partition coefficient (Wildman–Crippen LogP) is 5.64. The number of benzene rings is 5. The van der Waals surface area contributed by atoms with Crippen molar-refractivity contribution in [2.75, 3.05) is 90.3 Å². The van der Waals surface area contributed by atoms with E-state index in [2.05, 4.69) is 10.6 Å². The smallest absolute Gasteiger partial charge is 0.340 e. The lowest BCUT2D eigenvalue weighted by molar-refractivity contribution is -0.282. The molecular weight excluding hydrogens is 1210 g/mol. The maximum atomic E-state index is 14.3. The second-order valence-electron chi connectivity index (χ2n) is 22.6. The number of carbonyl (C=O) groups excluding carboxylic acids is 8. The van der Waals surface area contributed by atoms with Crippen molar-refractivity contribution < 1.29 is 101 Å². The molecule has 2 saturated heterocycles. The minimum atomic E-state index is -1.63. The molecule has 24 nitrogen and oxygen atoms in total. The third-order valence-corrected chi connectivity index (χ3v) is 17.7. The molecule has 5 aromatic carbocycles. The first-order valence-electron chi connectivity index (χ1n) is 30.4. The van der Waals surface area contributed by atoms with Crippen LogP contribution in [0.5, 0.6) is 23.0 Å². The number of amides is 4. The van der Waals surface area contributed by atoms with Crippen LogP contribution in [0.15, 0.2) is 103 Å². The number of fused-ring (bicyclic) bond motifs is 9. The molecule has 7 atom stereocenters. The number of nitrogens with one attached hydrogen (secondary N) is 2. The van der Waals surface area contributed by atoms with Gasteiger partial charge in [0, 0.05) is 100 Å². The van der Waals surface area contributed by atoms with Gasteiger partial charge in [-0.2, -0.15) is 0 Å². The first-order valence-corrected chi connectivity index (χ1v) is 31.4. The van der Waals surface area contributed by atoms with Crippen molar-refractivity contribution in [1.29, 1.82) is 0 Å². The number of ether oxygens (including phenoxy) is 11. The maximum Gasteiger partial charge on any atom is 0.340 e. The van der Waals surface area contributed by atoms with E-state index in [1.807, 2.05) is 48.5 Å². The van der Waals surface area contributed by atoms with E-state index in [9.17, 15) is 48.6 Å². The summed E-state index contributed by atoms with van der Waals surface area (Å²) in [6.45, 7) is 6.57. The van der Waals surface area contributed by atoms with Crippen LogP contribution in [0.1, 0.15) is 90.5 Å². The first-order chi connectivity index (χ1) is 44.4. The largest absolute Gasteiger partial charge is 0.465 e. The van der Waals surface area contributed by atoms with E-state index in [-0.39, 0.29) is 97.6 Å². The van der Waals surface area contributed by atoms with Gasteiger partial charge in [0.25, 0.3) is 0 Å². The molecule has 4 unspecified atom stereocenters. The number of esters is 4. The quantitative estimate of drug-likeness (QED) is 0.0187. The molecule has 5 aliphatic rings. The molecule has 1 aliphatic carbocycles. The Balaban J connectivity index is 0.702. The number of nitrogens with zero attached hydrogens (tertiary/aromatic N) is 1. The molecule has 0 aromatic heterocycles. The molecule has 4 aliphatic heterocycles. The van der Waals surface area contributed by atoms with Crippen molar-refractivity contribution in [1.82, 2.24) is 10.6 Å². The van der Waals surface area contributed by atoms with Crippen molar-refractivity contribution in [2.24, 2.45) is 11.8 Å². The van der Waals surface area contributed by atoms with Gasteiger partial charge < -0.3 is 73.0 Å². The van der Waals surface area contributed by atoms with Crippen LogP contribution >= 0.6 is 11.8 Å². The van der Waals surface area contributed by atoms with E-state index in [1.165, 1.54) is 57.4 Å². The molecule has 0 radical (unpaired) electrons. The minimum Gasteiger partial charge on any atom is -0.465 e. The van der Waals surface area contributed by atoms with E-state index in [0.29, 0.717) is 69.1 Å². The van der Waals surface area contributed by atoms with Crippen LogP contribution in [-0.2, 0) is 77.1 Å². The standard InChI is InChI=1S/C67H73N3O21S/c1-38-56(90-66(81-4)62(77)61(38)76)35-85-36-58(73)68-21-9-23-82-25-27-84-28-26-83-24-10-22-69-63(78)41(29-60(75)86-34-50-47-13-7-5-11-45(47)46-12-6-8-14-48(46)50)37-92-57-33-59(74)70(64(57)79)42-15-18-51-49(30-42)65(80)91-67(51)52-19-16-43(87-39(2)71)31-54(52)89-55-32-44(88-40(3)72)17-20-53(55)67/h5-8,11-20,30-32,38,41,50,56-57,61-62,66,76-77H,9-10,21-29,33-37H2,1-4H3,(H,68,73)(H,69,78)/t38-,41?,56?,57?,61+,62?,66-/m1/s1. The highest BCUT2D eigenvalue weighted by Crippen LogP contribution is 2.58. The molecule has 488 valence electrons. The number of imide groups is 1. The van der Waals surface area contributed by atoms with Crippen LogP contribution in [0.3, 0.4) is 0 Å². The van der Waals surface area contributed by atoms with Crippen molar-refractivity contribution in [3.05, 3.63) is 137 Å². The molecule has 2 fully saturated rings. The summed E-state index contributed by atoms with van der Waals surface area (Å²) in [7, 11) is 1.36. The van der Waals surface area contributed by atoms with Crippen LogP contribution in [0.25, 0.3) is 11.1 Å². The Morgan fingerprint density at radius 2 is 1.28 bits per heavy atom. The molecule has 4 N–H and O–H groups in total. The van der Waals surface area contributed by atoms with Gasteiger partial charge in [0.15, 0.2) is 11.9 Å². The van der Waals surface area contributed by atoms with Crippen LogP contribution in [-0.4, -0.2) is 173 Å². The monoisotopic (exact) mass is 1290 g/mol. The fourth-order valence-electron chi connectivity index (χ4n) is 11.9. The van der Waals surface area contributed by atoms with E-state index < -0.39 is 88.9 Å². The fourth-order valence-corrected chi connectivity index (χ4v) is 13.1. The molecule has 4 amide bonds. The Labute approximate surface area is 534 Å². The van der Waals surface area contributed by atoms with Crippen LogP contribution in [0.4, 0.5) is 5.69 Å². The Morgan fingerprint density at radius 1 is 0.696 bits per heavy atom. The van der Waals surface area contributed by atoms with Gasteiger partial charge in [-0.3, -0.25) is 33.6 Å². The van der Waals surface area contributed by atoms with E-state index >= 15 is 0 Å². The third-order valence-electron chi connectivity index (χ3n) is 16.4. The summed E-state index contributed by atoms with van der Waals surface area (Å²) in [5.74, 6) is -5.42. The lowest BCUT2D eigenvalue weighted by Gasteiger charge is -2.40. The summed E-state index contributed by atoms with van der Waals surface area (Å²) in [5.41, 5.74) is 3.80. The van der Waals surface area contributed by atoms with Gasteiger partial charge in [-0.15, -0.1) is 11.8 Å². The Hall–Kier alpha value is -8.11. The van der Waals surface area contributed by atoms with E-state index in [4.69, 9.17) is 52.1 Å². The van der Waals surface area contributed by atoms with Gasteiger partial charge in [0.1, 0.15) is 42.3 Å². The summed E-state index contributed by atoms with van der Waals surface area (Å²) in [4.78, 5) is 107. The van der Waals surface area contributed by atoms with Gasteiger partial charge in [-0.05, 0) is 71.5 Å². The molecule has 5 aromatic rings. The summed E-state index contributed by atoms with van der Waals surface area (Å²) in [6, 6.07) is 29.6. The number of rotatable bonds is 30. The summed E-state index contributed by atoms with van der Waals surface area (Å²) in [5, 5.41) is 25.0. The number of aliphatic hydroxyl groups is 2. The SMILES string of the molecule is CO[C@@H]1OC(COCC(=O)NCCCOCCOCCOCCCNC(=O)C(CSC2CC(=O)N(c3ccc4c(c3)C(=O)OC43c4ccc(OC(C)=O)cc4Oc4cc(OC(C)=O)ccc43)C2=O)CC(=O)OCC2c3ccccc3-c3ccccc32)[C@@H](C)[C@H](O)C1O. The summed E-state index contributed by atoms with van der Waals surface area (Å²) < 4.78 is 62.3. The van der Waals surface area contributed by atoms with Gasteiger partial charge >= 0.3 is 23.9 Å². The number of anilines is 1. The number of hydrogen-bond acceptors (Lipinski definition) is 22. The number of carbonyl (C=O) groups is 8. The van der Waals surface area contributed by atoms with Crippen molar-refractivity contribution >= 4 is 65.0 Å².